The van der Waals surface area contributed by atoms with E-state index in [9.17, 15) is 13.2 Å². The molecule has 2 aromatic carbocycles. The summed E-state index contributed by atoms with van der Waals surface area (Å²) in [6.45, 7) is 0.201. The summed E-state index contributed by atoms with van der Waals surface area (Å²) >= 11 is 0. The molecule has 0 spiro atoms. The first-order valence-electron chi connectivity index (χ1n) is 9.31. The molecular weight excluding hydrogens is 386 g/mol. The molecule has 29 heavy (non-hydrogen) atoms. The third-order valence-electron chi connectivity index (χ3n) is 4.39. The van der Waals surface area contributed by atoms with E-state index in [1.54, 1.807) is 36.5 Å². The molecular formula is C22H23N3O3S. The molecule has 3 rings (SSSR count). The number of nitrogens with zero attached hydrogens (tertiary/aromatic N) is 2. The number of carbonyl (C=O) groups is 1. The van der Waals surface area contributed by atoms with Gasteiger partial charge in [0.15, 0.2) is 0 Å². The fraction of sp³-hybridized carbons (Fsp3) is 0.182. The van der Waals surface area contributed by atoms with Gasteiger partial charge in [-0.25, -0.2) is 8.42 Å². The maximum atomic E-state index is 13.1. The van der Waals surface area contributed by atoms with Crippen LogP contribution in [-0.2, 0) is 27.8 Å². The van der Waals surface area contributed by atoms with Gasteiger partial charge in [0.1, 0.15) is 0 Å². The molecule has 1 heterocycles. The van der Waals surface area contributed by atoms with Gasteiger partial charge >= 0.3 is 0 Å². The van der Waals surface area contributed by atoms with Crippen LogP contribution in [0, 0.1) is 0 Å². The molecule has 0 unspecified atom stereocenters. The number of hydrogen-bond donors (Lipinski definition) is 1. The van der Waals surface area contributed by atoms with Crippen molar-refractivity contribution in [3.63, 3.8) is 0 Å². The normalized spacial score (nSPS) is 11.3. The van der Waals surface area contributed by atoms with Crippen molar-refractivity contribution < 1.29 is 13.2 Å². The number of sulfonamides is 1. The Kier molecular flexibility index (Phi) is 7.10. The predicted molar refractivity (Wildman–Crippen MR) is 111 cm³/mol. The van der Waals surface area contributed by atoms with Crippen LogP contribution in [0.15, 0.2) is 90.0 Å². The van der Waals surface area contributed by atoms with E-state index in [-0.39, 0.29) is 30.4 Å². The van der Waals surface area contributed by atoms with Gasteiger partial charge < -0.3 is 5.32 Å². The fourth-order valence-electron chi connectivity index (χ4n) is 2.83. The van der Waals surface area contributed by atoms with Crippen LogP contribution in [0.1, 0.15) is 11.3 Å². The molecule has 0 saturated carbocycles. The third-order valence-corrected chi connectivity index (χ3v) is 6.25. The predicted octanol–water partition coefficient (Wildman–Crippen LogP) is 2.63. The summed E-state index contributed by atoms with van der Waals surface area (Å²) in [7, 11) is -3.79. The molecule has 0 aliphatic rings. The lowest BCUT2D eigenvalue weighted by Crippen LogP contribution is -2.41. The number of rotatable bonds is 9. The molecule has 0 atom stereocenters. The van der Waals surface area contributed by atoms with Crippen LogP contribution in [0.2, 0.25) is 0 Å². The van der Waals surface area contributed by atoms with Crippen molar-refractivity contribution in [1.82, 2.24) is 14.6 Å². The van der Waals surface area contributed by atoms with Gasteiger partial charge in [0.2, 0.25) is 15.9 Å². The van der Waals surface area contributed by atoms with E-state index < -0.39 is 10.0 Å². The number of aromatic nitrogens is 1. The molecule has 1 N–H and O–H groups in total. The molecule has 6 nitrogen and oxygen atoms in total. The van der Waals surface area contributed by atoms with E-state index in [1.807, 2.05) is 36.4 Å². The average Bonchev–Trinajstić information content (AvgIpc) is 2.77. The van der Waals surface area contributed by atoms with Crippen molar-refractivity contribution in [2.45, 2.75) is 17.9 Å². The van der Waals surface area contributed by atoms with Crippen molar-refractivity contribution in [1.29, 1.82) is 0 Å². The van der Waals surface area contributed by atoms with Crippen LogP contribution in [0.5, 0.6) is 0 Å². The van der Waals surface area contributed by atoms with Gasteiger partial charge in [0.25, 0.3) is 0 Å². The highest BCUT2D eigenvalue weighted by molar-refractivity contribution is 7.89. The zero-order valence-electron chi connectivity index (χ0n) is 15.9. The monoisotopic (exact) mass is 409 g/mol. The summed E-state index contributed by atoms with van der Waals surface area (Å²) in [6.07, 6.45) is 2.16. The quantitative estimate of drug-likeness (QED) is 0.589. The van der Waals surface area contributed by atoms with Crippen LogP contribution in [-0.4, -0.2) is 36.7 Å². The Morgan fingerprint density at radius 1 is 0.897 bits per heavy atom. The molecule has 0 radical (unpaired) electrons. The Bertz CT molecular complexity index is 1010. The Hall–Kier alpha value is -3.03. The lowest BCUT2D eigenvalue weighted by atomic mass is 10.1. The number of pyridine rings is 1. The van der Waals surface area contributed by atoms with Crippen molar-refractivity contribution in [2.24, 2.45) is 0 Å². The van der Waals surface area contributed by atoms with E-state index in [1.165, 1.54) is 16.4 Å². The number of nitrogens with one attached hydrogen (secondary N) is 1. The summed E-state index contributed by atoms with van der Waals surface area (Å²) < 4.78 is 27.4. The van der Waals surface area contributed by atoms with Crippen molar-refractivity contribution in [3.05, 3.63) is 96.3 Å². The van der Waals surface area contributed by atoms with Crippen molar-refractivity contribution in [3.8, 4) is 0 Å². The van der Waals surface area contributed by atoms with Gasteiger partial charge in [-0.2, -0.15) is 4.31 Å². The fourth-order valence-corrected chi connectivity index (χ4v) is 4.25. The molecule has 0 aliphatic heterocycles. The van der Waals surface area contributed by atoms with Crippen molar-refractivity contribution in [2.75, 3.05) is 13.1 Å². The van der Waals surface area contributed by atoms with Crippen LogP contribution < -0.4 is 5.32 Å². The van der Waals surface area contributed by atoms with Gasteiger partial charge in [0, 0.05) is 12.7 Å². The maximum Gasteiger partial charge on any atom is 0.243 e. The van der Waals surface area contributed by atoms with Crippen LogP contribution in [0.4, 0.5) is 0 Å². The molecule has 0 bridgehead atoms. The van der Waals surface area contributed by atoms with E-state index >= 15 is 0 Å². The first-order chi connectivity index (χ1) is 14.1. The second-order valence-electron chi connectivity index (χ2n) is 6.49. The zero-order chi connectivity index (χ0) is 20.5. The first-order valence-corrected chi connectivity index (χ1v) is 10.8. The Morgan fingerprint density at radius 2 is 1.55 bits per heavy atom. The summed E-state index contributed by atoms with van der Waals surface area (Å²) in [4.78, 5) is 16.8. The van der Waals surface area contributed by atoms with Gasteiger partial charge in [-0.1, -0.05) is 54.6 Å². The summed E-state index contributed by atoms with van der Waals surface area (Å²) in [6, 6.07) is 23.2. The topological polar surface area (TPSA) is 79.4 Å². The van der Waals surface area contributed by atoms with E-state index in [0.29, 0.717) is 12.1 Å². The van der Waals surface area contributed by atoms with Gasteiger partial charge in [0.05, 0.1) is 23.7 Å². The Morgan fingerprint density at radius 3 is 2.21 bits per heavy atom. The summed E-state index contributed by atoms with van der Waals surface area (Å²) in [5, 5.41) is 2.74. The number of amides is 1. The summed E-state index contributed by atoms with van der Waals surface area (Å²) in [5.41, 5.74) is 1.72. The lowest BCUT2D eigenvalue weighted by Gasteiger charge is -2.22. The average molecular weight is 410 g/mol. The number of carbonyl (C=O) groups excluding carboxylic acids is 1. The number of hydrogen-bond acceptors (Lipinski definition) is 4. The second kappa shape index (κ2) is 9.95. The molecule has 3 aromatic rings. The minimum atomic E-state index is -3.79. The standard InChI is InChI=1S/C22H23N3O3S/c26-22(24-17-20-11-7-8-15-23-20)18-25(16-14-19-9-3-1-4-10-19)29(27,28)21-12-5-2-6-13-21/h1-13,15H,14,16-18H2,(H,24,26). The van der Waals surface area contributed by atoms with E-state index in [0.717, 1.165) is 5.56 Å². The smallest absolute Gasteiger partial charge is 0.243 e. The van der Waals surface area contributed by atoms with E-state index in [2.05, 4.69) is 10.3 Å². The maximum absolute atomic E-state index is 13.1. The number of benzene rings is 2. The molecule has 1 amide bonds. The van der Waals surface area contributed by atoms with Gasteiger partial charge in [-0.05, 0) is 36.2 Å². The third kappa shape index (κ3) is 5.97. The minimum Gasteiger partial charge on any atom is -0.349 e. The SMILES string of the molecule is O=C(CN(CCc1ccccc1)S(=O)(=O)c1ccccc1)NCc1ccccn1. The van der Waals surface area contributed by atoms with E-state index in [4.69, 9.17) is 0 Å². The molecule has 0 saturated heterocycles. The first kappa shape index (κ1) is 20.7. The molecule has 150 valence electrons. The second-order valence-corrected chi connectivity index (χ2v) is 8.42. The highest BCUT2D eigenvalue weighted by Gasteiger charge is 2.26. The zero-order valence-corrected chi connectivity index (χ0v) is 16.8. The van der Waals surface area contributed by atoms with Crippen LogP contribution in [0.25, 0.3) is 0 Å². The Labute approximate surface area is 171 Å². The minimum absolute atomic E-state index is 0.172. The van der Waals surface area contributed by atoms with Gasteiger partial charge in [-0.15, -0.1) is 0 Å². The molecule has 7 heteroatoms. The molecule has 0 aliphatic carbocycles. The van der Waals surface area contributed by atoms with Gasteiger partial charge in [-0.3, -0.25) is 9.78 Å². The molecule has 1 aromatic heterocycles. The molecule has 0 fully saturated rings. The van der Waals surface area contributed by atoms with Crippen LogP contribution in [0.3, 0.4) is 0 Å². The summed E-state index contributed by atoms with van der Waals surface area (Å²) in [5.74, 6) is -0.372. The largest absolute Gasteiger partial charge is 0.349 e. The lowest BCUT2D eigenvalue weighted by molar-refractivity contribution is -0.121. The Balaban J connectivity index is 1.72. The van der Waals surface area contributed by atoms with Crippen molar-refractivity contribution >= 4 is 15.9 Å². The van der Waals surface area contributed by atoms with Crippen LogP contribution >= 0.6 is 0 Å². The highest BCUT2D eigenvalue weighted by atomic mass is 32.2. The highest BCUT2D eigenvalue weighted by Crippen LogP contribution is 2.16.